The maximum Gasteiger partial charge on any atom is 0.311 e. The summed E-state index contributed by atoms with van der Waals surface area (Å²) >= 11 is 0. The van der Waals surface area contributed by atoms with E-state index in [9.17, 15) is 9.90 Å². The molecule has 0 aliphatic rings. The molecule has 0 fully saturated rings. The summed E-state index contributed by atoms with van der Waals surface area (Å²) in [5.41, 5.74) is 0. The molecule has 0 unspecified atom stereocenters. The second kappa shape index (κ2) is 16.4. The number of hydrogen-bond acceptors (Lipinski definition) is 3. The van der Waals surface area contributed by atoms with Gasteiger partial charge < -0.3 is 9.84 Å². The minimum Gasteiger partial charge on any atom is -0.504 e. The van der Waals surface area contributed by atoms with Crippen LogP contribution < -0.4 is 4.74 Å². The Labute approximate surface area is 165 Å². The normalized spacial score (nSPS) is 11.1. The maximum atomic E-state index is 11.8. The van der Waals surface area contributed by atoms with Crippen molar-refractivity contribution in [2.24, 2.45) is 0 Å². The fourth-order valence-corrected chi connectivity index (χ4v) is 3.06. The van der Waals surface area contributed by atoms with Crippen LogP contribution in [0.5, 0.6) is 11.5 Å². The highest BCUT2D eigenvalue weighted by Gasteiger charge is 2.07. The Morgan fingerprint density at radius 1 is 0.852 bits per heavy atom. The molecule has 0 radical (unpaired) electrons. The van der Waals surface area contributed by atoms with Crippen molar-refractivity contribution in [3.05, 3.63) is 36.4 Å². The number of benzene rings is 1. The predicted octanol–water partition coefficient (Wildman–Crippen LogP) is 7.34. The summed E-state index contributed by atoms with van der Waals surface area (Å²) in [4.78, 5) is 11.8. The molecule has 0 saturated carbocycles. The molecule has 152 valence electrons. The van der Waals surface area contributed by atoms with Gasteiger partial charge in [0.2, 0.25) is 0 Å². The van der Waals surface area contributed by atoms with Gasteiger partial charge in [-0.3, -0.25) is 4.79 Å². The molecular weight excluding hydrogens is 336 g/mol. The predicted molar refractivity (Wildman–Crippen MR) is 113 cm³/mol. The standard InChI is InChI=1S/C24H38O3/c1-2-3-4-5-6-7-8-9-10-11-12-13-14-15-16-21-24(26)27-23-20-18-17-19-22(23)25/h9-10,17-20,25H,2-8,11-16,21H2,1H3. The van der Waals surface area contributed by atoms with Gasteiger partial charge in [-0.05, 0) is 44.2 Å². The first kappa shape index (κ1) is 23.3. The third-order valence-electron chi connectivity index (χ3n) is 4.73. The number of unbranched alkanes of at least 4 members (excludes halogenated alkanes) is 11. The molecule has 0 amide bonds. The Morgan fingerprint density at radius 3 is 2.04 bits per heavy atom. The van der Waals surface area contributed by atoms with Gasteiger partial charge in [0.15, 0.2) is 11.5 Å². The van der Waals surface area contributed by atoms with E-state index in [1.54, 1.807) is 18.2 Å². The molecule has 0 aliphatic carbocycles. The number of phenolic OH excluding ortho intramolecular Hbond substituents is 1. The Balaban J connectivity index is 1.88. The topological polar surface area (TPSA) is 46.5 Å². The number of ether oxygens (including phenoxy) is 1. The molecule has 0 atom stereocenters. The third-order valence-corrected chi connectivity index (χ3v) is 4.73. The van der Waals surface area contributed by atoms with E-state index in [0.29, 0.717) is 6.42 Å². The average molecular weight is 375 g/mol. The molecular formula is C24H38O3. The number of aromatic hydroxyl groups is 1. The zero-order chi connectivity index (χ0) is 19.6. The lowest BCUT2D eigenvalue weighted by Crippen LogP contribution is -2.07. The largest absolute Gasteiger partial charge is 0.504 e. The lowest BCUT2D eigenvalue weighted by atomic mass is 10.1. The van der Waals surface area contributed by atoms with Gasteiger partial charge >= 0.3 is 5.97 Å². The number of rotatable bonds is 16. The van der Waals surface area contributed by atoms with Crippen molar-refractivity contribution < 1.29 is 14.6 Å². The summed E-state index contributed by atoms with van der Waals surface area (Å²) in [5.74, 6) is -0.0141. The van der Waals surface area contributed by atoms with E-state index in [2.05, 4.69) is 19.1 Å². The highest BCUT2D eigenvalue weighted by Crippen LogP contribution is 2.24. The van der Waals surface area contributed by atoms with E-state index >= 15 is 0 Å². The lowest BCUT2D eigenvalue weighted by molar-refractivity contribution is -0.134. The van der Waals surface area contributed by atoms with Crippen LogP contribution in [0.1, 0.15) is 96.8 Å². The van der Waals surface area contributed by atoms with E-state index in [1.807, 2.05) is 0 Å². The van der Waals surface area contributed by atoms with Crippen LogP contribution in [0.4, 0.5) is 0 Å². The molecule has 1 aromatic carbocycles. The van der Waals surface area contributed by atoms with Crippen molar-refractivity contribution >= 4 is 5.97 Å². The van der Waals surface area contributed by atoms with Gasteiger partial charge in [0, 0.05) is 6.42 Å². The molecule has 0 heterocycles. The molecule has 0 spiro atoms. The van der Waals surface area contributed by atoms with Crippen LogP contribution in [0.25, 0.3) is 0 Å². The van der Waals surface area contributed by atoms with Crippen molar-refractivity contribution in [2.45, 2.75) is 96.8 Å². The summed E-state index contributed by atoms with van der Waals surface area (Å²) in [6, 6.07) is 6.57. The van der Waals surface area contributed by atoms with Crippen LogP contribution in [-0.4, -0.2) is 11.1 Å². The minimum absolute atomic E-state index is 0.00963. The highest BCUT2D eigenvalue weighted by molar-refractivity contribution is 5.73. The van der Waals surface area contributed by atoms with Crippen LogP contribution in [0.2, 0.25) is 0 Å². The number of para-hydroxylation sites is 2. The Morgan fingerprint density at radius 2 is 1.41 bits per heavy atom. The molecule has 3 heteroatoms. The molecule has 27 heavy (non-hydrogen) atoms. The molecule has 1 rings (SSSR count). The first-order valence-corrected chi connectivity index (χ1v) is 10.9. The van der Waals surface area contributed by atoms with E-state index in [4.69, 9.17) is 4.74 Å². The van der Waals surface area contributed by atoms with E-state index < -0.39 is 0 Å². The van der Waals surface area contributed by atoms with Crippen LogP contribution in [0.15, 0.2) is 36.4 Å². The molecule has 0 aromatic heterocycles. The van der Waals surface area contributed by atoms with Crippen LogP contribution in [0.3, 0.4) is 0 Å². The third kappa shape index (κ3) is 13.1. The number of hydrogen-bond donors (Lipinski definition) is 1. The first-order valence-electron chi connectivity index (χ1n) is 10.9. The van der Waals surface area contributed by atoms with Crippen molar-refractivity contribution in [1.82, 2.24) is 0 Å². The van der Waals surface area contributed by atoms with Crippen molar-refractivity contribution in [3.63, 3.8) is 0 Å². The van der Waals surface area contributed by atoms with Gasteiger partial charge in [-0.15, -0.1) is 0 Å². The fourth-order valence-electron chi connectivity index (χ4n) is 3.06. The van der Waals surface area contributed by atoms with Crippen LogP contribution in [0, 0.1) is 0 Å². The zero-order valence-corrected chi connectivity index (χ0v) is 17.1. The highest BCUT2D eigenvalue weighted by atomic mass is 16.5. The summed E-state index contributed by atoms with van der Waals surface area (Å²) in [7, 11) is 0. The quantitative estimate of drug-likeness (QED) is 0.142. The van der Waals surface area contributed by atoms with Gasteiger partial charge in [0.1, 0.15) is 0 Å². The van der Waals surface area contributed by atoms with Gasteiger partial charge in [0.25, 0.3) is 0 Å². The van der Waals surface area contributed by atoms with Gasteiger partial charge in [-0.1, -0.05) is 82.6 Å². The summed E-state index contributed by atoms with van der Waals surface area (Å²) in [6.07, 6.45) is 21.2. The SMILES string of the molecule is CCCCCCCCC=CCCCCCCCC(=O)Oc1ccccc1O. The molecule has 1 N–H and O–H groups in total. The summed E-state index contributed by atoms with van der Waals surface area (Å²) in [5, 5.41) is 9.58. The number of phenols is 1. The van der Waals surface area contributed by atoms with Gasteiger partial charge in [-0.25, -0.2) is 0 Å². The summed E-state index contributed by atoms with van der Waals surface area (Å²) in [6.45, 7) is 2.26. The number of esters is 1. The number of allylic oxidation sites excluding steroid dienone is 2. The average Bonchev–Trinajstić information content (AvgIpc) is 2.66. The minimum atomic E-state index is -0.269. The molecule has 0 aliphatic heterocycles. The molecule has 1 aromatic rings. The van der Waals surface area contributed by atoms with Gasteiger partial charge in [0.05, 0.1) is 0 Å². The van der Waals surface area contributed by atoms with Crippen molar-refractivity contribution in [1.29, 1.82) is 0 Å². The Hall–Kier alpha value is -1.77. The molecule has 0 saturated heterocycles. The van der Waals surface area contributed by atoms with E-state index in [0.717, 1.165) is 19.3 Å². The molecule has 0 bridgehead atoms. The second-order valence-corrected chi connectivity index (χ2v) is 7.28. The van der Waals surface area contributed by atoms with E-state index in [-0.39, 0.29) is 17.5 Å². The summed E-state index contributed by atoms with van der Waals surface area (Å²) < 4.78 is 5.17. The maximum absolute atomic E-state index is 11.8. The smallest absolute Gasteiger partial charge is 0.311 e. The van der Waals surface area contributed by atoms with Crippen LogP contribution in [-0.2, 0) is 4.79 Å². The number of carbonyl (C=O) groups excluding carboxylic acids is 1. The fraction of sp³-hybridized carbons (Fsp3) is 0.625. The van der Waals surface area contributed by atoms with E-state index in [1.165, 1.54) is 70.3 Å². The zero-order valence-electron chi connectivity index (χ0n) is 17.1. The second-order valence-electron chi connectivity index (χ2n) is 7.28. The van der Waals surface area contributed by atoms with Crippen molar-refractivity contribution in [3.8, 4) is 11.5 Å². The van der Waals surface area contributed by atoms with Gasteiger partial charge in [-0.2, -0.15) is 0 Å². The first-order chi connectivity index (χ1) is 13.2. The monoisotopic (exact) mass is 374 g/mol. The van der Waals surface area contributed by atoms with Crippen LogP contribution >= 0.6 is 0 Å². The Kier molecular flexibility index (Phi) is 14.1. The lowest BCUT2D eigenvalue weighted by Gasteiger charge is -2.05. The van der Waals surface area contributed by atoms with Crippen molar-refractivity contribution in [2.75, 3.05) is 0 Å². The number of carbonyl (C=O) groups is 1. The molecule has 3 nitrogen and oxygen atoms in total. The Bertz CT molecular complexity index is 522.